The van der Waals surface area contributed by atoms with Crippen molar-refractivity contribution in [1.29, 1.82) is 0 Å². The minimum atomic E-state index is -3.77. The fourth-order valence-corrected chi connectivity index (χ4v) is 4.95. The Bertz CT molecular complexity index is 1320. The SMILES string of the molecule is Cc1ccc(CN(C(=O)CN(c2ccccc2)S(C)(=O)=O)C(Cc2ccccc2)C(=O)NC(C)(C)C)cc1. The van der Waals surface area contributed by atoms with E-state index in [0.29, 0.717) is 5.69 Å². The number of amides is 2. The van der Waals surface area contributed by atoms with Gasteiger partial charge in [-0.25, -0.2) is 8.42 Å². The summed E-state index contributed by atoms with van der Waals surface area (Å²) >= 11 is 0. The number of rotatable bonds is 10. The summed E-state index contributed by atoms with van der Waals surface area (Å²) in [7, 11) is -3.77. The molecule has 1 atom stereocenters. The molecule has 0 heterocycles. The first-order chi connectivity index (χ1) is 17.8. The number of anilines is 1. The maximum atomic E-state index is 14.0. The first-order valence-corrected chi connectivity index (χ1v) is 14.4. The van der Waals surface area contributed by atoms with Crippen molar-refractivity contribution in [2.24, 2.45) is 0 Å². The van der Waals surface area contributed by atoms with Gasteiger partial charge >= 0.3 is 0 Å². The highest BCUT2D eigenvalue weighted by atomic mass is 32.2. The molecule has 0 spiro atoms. The molecule has 3 aromatic carbocycles. The Hall–Kier alpha value is -3.65. The molecule has 2 amide bonds. The van der Waals surface area contributed by atoms with Crippen molar-refractivity contribution >= 4 is 27.5 Å². The van der Waals surface area contributed by atoms with Crippen molar-refractivity contribution in [3.8, 4) is 0 Å². The molecule has 8 heteroatoms. The molecule has 3 rings (SSSR count). The molecule has 1 N–H and O–H groups in total. The van der Waals surface area contributed by atoms with E-state index in [4.69, 9.17) is 0 Å². The molecule has 0 radical (unpaired) electrons. The average Bonchev–Trinajstić information content (AvgIpc) is 2.85. The van der Waals surface area contributed by atoms with Gasteiger partial charge in [0.1, 0.15) is 12.6 Å². The summed E-state index contributed by atoms with van der Waals surface area (Å²) in [6.07, 6.45) is 1.36. The van der Waals surface area contributed by atoms with Crippen molar-refractivity contribution in [2.45, 2.75) is 52.2 Å². The summed E-state index contributed by atoms with van der Waals surface area (Å²) in [5, 5.41) is 3.02. The number of carbonyl (C=O) groups excluding carboxylic acids is 2. The Morgan fingerprint density at radius 2 is 1.39 bits per heavy atom. The van der Waals surface area contributed by atoms with Crippen LogP contribution in [0, 0.1) is 6.92 Å². The Morgan fingerprint density at radius 3 is 1.92 bits per heavy atom. The highest BCUT2D eigenvalue weighted by molar-refractivity contribution is 7.92. The third-order valence-electron chi connectivity index (χ3n) is 5.97. The van der Waals surface area contributed by atoms with E-state index in [-0.39, 0.29) is 18.9 Å². The van der Waals surface area contributed by atoms with E-state index < -0.39 is 34.1 Å². The van der Waals surface area contributed by atoms with E-state index in [0.717, 1.165) is 27.3 Å². The molecule has 38 heavy (non-hydrogen) atoms. The van der Waals surface area contributed by atoms with Crippen LogP contribution in [0.15, 0.2) is 84.9 Å². The highest BCUT2D eigenvalue weighted by Gasteiger charge is 2.34. The van der Waals surface area contributed by atoms with Gasteiger partial charge in [-0.2, -0.15) is 0 Å². The van der Waals surface area contributed by atoms with Gasteiger partial charge in [0.05, 0.1) is 11.9 Å². The number of para-hydroxylation sites is 1. The third-order valence-corrected chi connectivity index (χ3v) is 7.11. The molecule has 1 unspecified atom stereocenters. The number of hydrogen-bond acceptors (Lipinski definition) is 4. The molecule has 0 saturated heterocycles. The zero-order chi connectivity index (χ0) is 27.9. The number of nitrogens with zero attached hydrogens (tertiary/aromatic N) is 2. The molecule has 0 aliphatic carbocycles. The lowest BCUT2D eigenvalue weighted by Crippen LogP contribution is -2.56. The van der Waals surface area contributed by atoms with Gasteiger partial charge in [-0.15, -0.1) is 0 Å². The van der Waals surface area contributed by atoms with E-state index in [1.807, 2.05) is 82.3 Å². The van der Waals surface area contributed by atoms with Crippen molar-refractivity contribution in [3.05, 3.63) is 102 Å². The maximum Gasteiger partial charge on any atom is 0.244 e. The quantitative estimate of drug-likeness (QED) is 0.419. The van der Waals surface area contributed by atoms with Gasteiger partial charge in [0, 0.05) is 18.5 Å². The number of sulfonamides is 1. The molecule has 202 valence electrons. The number of nitrogens with one attached hydrogen (secondary N) is 1. The largest absolute Gasteiger partial charge is 0.350 e. The first-order valence-electron chi connectivity index (χ1n) is 12.6. The van der Waals surface area contributed by atoms with Crippen LogP contribution in [-0.2, 0) is 32.6 Å². The van der Waals surface area contributed by atoms with Crippen LogP contribution >= 0.6 is 0 Å². The van der Waals surface area contributed by atoms with Crippen molar-refractivity contribution in [3.63, 3.8) is 0 Å². The van der Waals surface area contributed by atoms with E-state index in [2.05, 4.69) is 5.32 Å². The topological polar surface area (TPSA) is 86.8 Å². The summed E-state index contributed by atoms with van der Waals surface area (Å²) in [4.78, 5) is 29.2. The minimum absolute atomic E-state index is 0.153. The fourth-order valence-electron chi connectivity index (χ4n) is 4.11. The summed E-state index contributed by atoms with van der Waals surface area (Å²) < 4.78 is 26.6. The standard InChI is InChI=1S/C30H37N3O4S/c1-23-16-18-25(19-17-23)21-32(28(34)22-33(38(5,36)37)26-14-10-7-11-15-26)27(29(35)31-30(2,3)4)20-24-12-8-6-9-13-24/h6-19,27H,20-22H2,1-5H3,(H,31,35). The Labute approximate surface area is 226 Å². The minimum Gasteiger partial charge on any atom is -0.350 e. The lowest BCUT2D eigenvalue weighted by molar-refractivity contribution is -0.140. The lowest BCUT2D eigenvalue weighted by Gasteiger charge is -2.35. The predicted molar refractivity (Wildman–Crippen MR) is 152 cm³/mol. The second-order valence-electron chi connectivity index (χ2n) is 10.6. The van der Waals surface area contributed by atoms with Crippen LogP contribution in [0.1, 0.15) is 37.5 Å². The second kappa shape index (κ2) is 12.3. The van der Waals surface area contributed by atoms with Gasteiger partial charge in [-0.3, -0.25) is 13.9 Å². The number of carbonyl (C=O) groups is 2. The fraction of sp³-hybridized carbons (Fsp3) is 0.333. The Morgan fingerprint density at radius 1 is 0.842 bits per heavy atom. The normalized spacial score (nSPS) is 12.4. The summed E-state index contributed by atoms with van der Waals surface area (Å²) in [5.41, 5.74) is 2.68. The summed E-state index contributed by atoms with van der Waals surface area (Å²) in [6, 6.07) is 24.9. The molecule has 0 fully saturated rings. The van der Waals surface area contributed by atoms with Gasteiger partial charge in [0.2, 0.25) is 21.8 Å². The monoisotopic (exact) mass is 535 g/mol. The molecular formula is C30H37N3O4S. The highest BCUT2D eigenvalue weighted by Crippen LogP contribution is 2.20. The number of benzene rings is 3. The Kier molecular flexibility index (Phi) is 9.33. The molecule has 0 aliphatic heterocycles. The van der Waals surface area contributed by atoms with E-state index in [1.165, 1.54) is 4.90 Å². The van der Waals surface area contributed by atoms with Gasteiger partial charge in [0.15, 0.2) is 0 Å². The zero-order valence-electron chi connectivity index (χ0n) is 22.7. The number of hydrogen-bond donors (Lipinski definition) is 1. The smallest absolute Gasteiger partial charge is 0.244 e. The van der Waals surface area contributed by atoms with Gasteiger partial charge in [-0.1, -0.05) is 78.4 Å². The molecular weight excluding hydrogens is 498 g/mol. The molecule has 3 aromatic rings. The van der Waals surface area contributed by atoms with Crippen molar-refractivity contribution < 1.29 is 18.0 Å². The molecule has 7 nitrogen and oxygen atoms in total. The van der Waals surface area contributed by atoms with Crippen LogP contribution in [-0.4, -0.2) is 49.5 Å². The van der Waals surface area contributed by atoms with Crippen molar-refractivity contribution in [1.82, 2.24) is 10.2 Å². The molecule has 0 aliphatic rings. The number of aryl methyl sites for hydroxylation is 1. The van der Waals surface area contributed by atoms with Gasteiger partial charge in [0.25, 0.3) is 0 Å². The zero-order valence-corrected chi connectivity index (χ0v) is 23.5. The van der Waals surface area contributed by atoms with Gasteiger partial charge < -0.3 is 10.2 Å². The summed E-state index contributed by atoms with van der Waals surface area (Å²) in [5.74, 6) is -0.766. The summed E-state index contributed by atoms with van der Waals surface area (Å²) in [6.45, 7) is 7.36. The maximum absolute atomic E-state index is 14.0. The molecule has 0 aromatic heterocycles. The van der Waals surface area contributed by atoms with Crippen LogP contribution < -0.4 is 9.62 Å². The molecule has 0 saturated carbocycles. The van der Waals surface area contributed by atoms with Gasteiger partial charge in [-0.05, 0) is 51.0 Å². The lowest BCUT2D eigenvalue weighted by atomic mass is 10.0. The van der Waals surface area contributed by atoms with Crippen LogP contribution in [0.25, 0.3) is 0 Å². The first kappa shape index (κ1) is 28.9. The van der Waals surface area contributed by atoms with Crippen LogP contribution in [0.5, 0.6) is 0 Å². The third kappa shape index (κ3) is 8.45. The van der Waals surface area contributed by atoms with E-state index in [1.54, 1.807) is 30.3 Å². The van der Waals surface area contributed by atoms with E-state index in [9.17, 15) is 18.0 Å². The average molecular weight is 536 g/mol. The van der Waals surface area contributed by atoms with Crippen LogP contribution in [0.2, 0.25) is 0 Å². The predicted octanol–water partition coefficient (Wildman–Crippen LogP) is 4.32. The van der Waals surface area contributed by atoms with Crippen molar-refractivity contribution in [2.75, 3.05) is 17.1 Å². The molecule has 0 bridgehead atoms. The van der Waals surface area contributed by atoms with Crippen LogP contribution in [0.3, 0.4) is 0 Å². The second-order valence-corrected chi connectivity index (χ2v) is 12.5. The van der Waals surface area contributed by atoms with Crippen LogP contribution in [0.4, 0.5) is 5.69 Å². The Balaban J connectivity index is 2.05. The van der Waals surface area contributed by atoms with E-state index >= 15 is 0 Å².